The molecule has 1 fully saturated rings. The van der Waals surface area contributed by atoms with Crippen LogP contribution in [0.1, 0.15) is 12.8 Å². The number of hydrogen-bond acceptors (Lipinski definition) is 3. The topological polar surface area (TPSA) is 63.4 Å². The van der Waals surface area contributed by atoms with Crippen molar-refractivity contribution < 1.29 is 9.59 Å². The van der Waals surface area contributed by atoms with Gasteiger partial charge in [0.2, 0.25) is 11.8 Å². The molecule has 0 aromatic carbocycles. The van der Waals surface area contributed by atoms with Crippen molar-refractivity contribution >= 4 is 11.8 Å². The first kappa shape index (κ1) is 7.49. The Balaban J connectivity index is 2.31. The van der Waals surface area contributed by atoms with E-state index in [1.54, 1.807) is 0 Å². The van der Waals surface area contributed by atoms with Crippen molar-refractivity contribution in [2.45, 2.75) is 12.8 Å². The van der Waals surface area contributed by atoms with Crippen LogP contribution >= 0.6 is 0 Å². The van der Waals surface area contributed by atoms with E-state index in [2.05, 4.69) is 0 Å². The SMILES string of the molecule is NN1C(=O)[C@H]2CC=CC[C@@H]2C1=O. The summed E-state index contributed by atoms with van der Waals surface area (Å²) in [6, 6.07) is 0. The van der Waals surface area contributed by atoms with Gasteiger partial charge in [0, 0.05) is 0 Å². The molecule has 0 aromatic heterocycles. The Morgan fingerprint density at radius 3 is 2.00 bits per heavy atom. The molecule has 2 rings (SSSR count). The second-order valence-corrected chi connectivity index (χ2v) is 3.20. The van der Waals surface area contributed by atoms with Crippen molar-refractivity contribution in [1.82, 2.24) is 5.01 Å². The van der Waals surface area contributed by atoms with E-state index in [1.807, 2.05) is 12.2 Å². The van der Waals surface area contributed by atoms with Crippen LogP contribution in [-0.4, -0.2) is 16.8 Å². The lowest BCUT2D eigenvalue weighted by Gasteiger charge is -2.14. The molecule has 2 N–H and O–H groups in total. The molecule has 0 saturated carbocycles. The lowest BCUT2D eigenvalue weighted by molar-refractivity contribution is -0.140. The van der Waals surface area contributed by atoms with E-state index >= 15 is 0 Å². The molecular formula is C8H10N2O2. The van der Waals surface area contributed by atoms with Gasteiger partial charge in [-0.15, -0.1) is 0 Å². The van der Waals surface area contributed by atoms with E-state index < -0.39 is 0 Å². The van der Waals surface area contributed by atoms with Gasteiger partial charge in [-0.05, 0) is 12.8 Å². The van der Waals surface area contributed by atoms with E-state index in [9.17, 15) is 9.59 Å². The predicted molar refractivity (Wildman–Crippen MR) is 41.4 cm³/mol. The molecule has 0 aromatic rings. The van der Waals surface area contributed by atoms with Gasteiger partial charge in [-0.3, -0.25) is 9.59 Å². The maximum absolute atomic E-state index is 11.3. The van der Waals surface area contributed by atoms with Gasteiger partial charge < -0.3 is 0 Å². The van der Waals surface area contributed by atoms with Crippen molar-refractivity contribution in [1.29, 1.82) is 0 Å². The number of nitrogens with two attached hydrogens (primary N) is 1. The minimum Gasteiger partial charge on any atom is -0.273 e. The third-order valence-corrected chi connectivity index (χ3v) is 2.54. The number of fused-ring (bicyclic) bond motifs is 1. The van der Waals surface area contributed by atoms with Crippen molar-refractivity contribution in [3.63, 3.8) is 0 Å². The summed E-state index contributed by atoms with van der Waals surface area (Å²) in [5.74, 6) is 4.46. The Hall–Kier alpha value is -1.16. The van der Waals surface area contributed by atoms with E-state index in [0.717, 1.165) is 5.01 Å². The Kier molecular flexibility index (Phi) is 1.51. The van der Waals surface area contributed by atoms with Crippen molar-refractivity contribution in [2.24, 2.45) is 17.7 Å². The fraction of sp³-hybridized carbons (Fsp3) is 0.500. The highest BCUT2D eigenvalue weighted by Gasteiger charge is 2.45. The number of allylic oxidation sites excluding steroid dienone is 2. The van der Waals surface area contributed by atoms with Gasteiger partial charge in [0.05, 0.1) is 11.8 Å². The van der Waals surface area contributed by atoms with Crippen LogP contribution < -0.4 is 5.84 Å². The van der Waals surface area contributed by atoms with Crippen molar-refractivity contribution in [3.8, 4) is 0 Å². The number of amides is 2. The van der Waals surface area contributed by atoms with E-state index in [4.69, 9.17) is 5.84 Å². The molecule has 1 saturated heterocycles. The largest absolute Gasteiger partial charge is 0.273 e. The highest BCUT2D eigenvalue weighted by atomic mass is 16.2. The second-order valence-electron chi connectivity index (χ2n) is 3.20. The van der Waals surface area contributed by atoms with Crippen molar-refractivity contribution in [2.75, 3.05) is 0 Å². The Morgan fingerprint density at radius 1 is 1.17 bits per heavy atom. The van der Waals surface area contributed by atoms with E-state index in [-0.39, 0.29) is 23.7 Å². The van der Waals surface area contributed by atoms with Crippen molar-refractivity contribution in [3.05, 3.63) is 12.2 Å². The summed E-state index contributed by atoms with van der Waals surface area (Å²) in [5.41, 5.74) is 0. The molecule has 2 atom stereocenters. The second kappa shape index (κ2) is 2.42. The van der Waals surface area contributed by atoms with Gasteiger partial charge >= 0.3 is 0 Å². The molecule has 4 nitrogen and oxygen atoms in total. The van der Waals surface area contributed by atoms with E-state index in [0.29, 0.717) is 12.8 Å². The molecule has 2 amide bonds. The minimum absolute atomic E-state index is 0.188. The Labute approximate surface area is 70.0 Å². The lowest BCUT2D eigenvalue weighted by Crippen LogP contribution is -2.37. The van der Waals surface area contributed by atoms with Crippen LogP contribution in [0.5, 0.6) is 0 Å². The number of nitrogens with zero attached hydrogens (tertiary/aromatic N) is 1. The van der Waals surface area contributed by atoms with Crippen LogP contribution in [0.2, 0.25) is 0 Å². The molecule has 1 heterocycles. The van der Waals surface area contributed by atoms with Crippen LogP contribution in [-0.2, 0) is 9.59 Å². The number of imide groups is 1. The van der Waals surface area contributed by atoms with Crippen LogP contribution in [0.25, 0.3) is 0 Å². The zero-order valence-electron chi connectivity index (χ0n) is 6.56. The molecule has 64 valence electrons. The van der Waals surface area contributed by atoms with Crippen LogP contribution in [0.3, 0.4) is 0 Å². The zero-order chi connectivity index (χ0) is 8.72. The summed E-state index contributed by atoms with van der Waals surface area (Å²) in [7, 11) is 0. The Morgan fingerprint density at radius 2 is 1.58 bits per heavy atom. The number of rotatable bonds is 0. The fourth-order valence-corrected chi connectivity index (χ4v) is 1.83. The van der Waals surface area contributed by atoms with Gasteiger partial charge in [-0.1, -0.05) is 12.2 Å². The summed E-state index contributed by atoms with van der Waals surface area (Å²) in [5, 5.41) is 0.766. The minimum atomic E-state index is -0.227. The van der Waals surface area contributed by atoms with Gasteiger partial charge in [0.15, 0.2) is 0 Å². The first-order chi connectivity index (χ1) is 5.72. The predicted octanol–water partition coefficient (Wildman–Crippen LogP) is -0.189. The first-order valence-electron chi connectivity index (χ1n) is 3.99. The highest BCUT2D eigenvalue weighted by Crippen LogP contribution is 2.33. The van der Waals surface area contributed by atoms with Gasteiger partial charge in [-0.25, -0.2) is 10.9 Å². The third kappa shape index (κ3) is 0.814. The smallest absolute Gasteiger partial charge is 0.247 e. The highest BCUT2D eigenvalue weighted by molar-refractivity contribution is 6.04. The average Bonchev–Trinajstić information content (AvgIpc) is 2.33. The first-order valence-corrected chi connectivity index (χ1v) is 3.99. The summed E-state index contributed by atoms with van der Waals surface area (Å²) in [6.45, 7) is 0. The van der Waals surface area contributed by atoms with Gasteiger partial charge in [0.1, 0.15) is 0 Å². The average molecular weight is 166 g/mol. The zero-order valence-corrected chi connectivity index (χ0v) is 6.56. The molecule has 0 radical (unpaired) electrons. The van der Waals surface area contributed by atoms with Gasteiger partial charge in [0.25, 0.3) is 0 Å². The quantitative estimate of drug-likeness (QED) is 0.235. The number of hydrazine groups is 1. The van der Waals surface area contributed by atoms with Crippen LogP contribution in [0.15, 0.2) is 12.2 Å². The number of hydrogen-bond donors (Lipinski definition) is 1. The van der Waals surface area contributed by atoms with Crippen LogP contribution in [0, 0.1) is 11.8 Å². The monoisotopic (exact) mass is 166 g/mol. The Bertz CT molecular complexity index is 246. The summed E-state index contributed by atoms with van der Waals surface area (Å²) in [6.07, 6.45) is 5.18. The number of carbonyl (C=O) groups is 2. The molecule has 2 aliphatic rings. The van der Waals surface area contributed by atoms with E-state index in [1.165, 1.54) is 0 Å². The maximum atomic E-state index is 11.3. The molecule has 0 bridgehead atoms. The molecule has 1 aliphatic carbocycles. The van der Waals surface area contributed by atoms with Gasteiger partial charge in [-0.2, -0.15) is 0 Å². The molecular weight excluding hydrogens is 156 g/mol. The fourth-order valence-electron chi connectivity index (χ4n) is 1.83. The molecule has 0 unspecified atom stereocenters. The molecule has 12 heavy (non-hydrogen) atoms. The molecule has 0 spiro atoms. The summed E-state index contributed by atoms with van der Waals surface area (Å²) in [4.78, 5) is 22.6. The molecule has 4 heteroatoms. The summed E-state index contributed by atoms with van der Waals surface area (Å²) >= 11 is 0. The summed E-state index contributed by atoms with van der Waals surface area (Å²) < 4.78 is 0. The van der Waals surface area contributed by atoms with Crippen LogP contribution in [0.4, 0.5) is 0 Å². The normalized spacial score (nSPS) is 34.2. The maximum Gasteiger partial charge on any atom is 0.247 e. The third-order valence-electron chi connectivity index (χ3n) is 2.54. The molecule has 1 aliphatic heterocycles. The lowest BCUT2D eigenvalue weighted by atomic mass is 9.85. The number of carbonyl (C=O) groups excluding carboxylic acids is 2. The standard InChI is InChI=1S/C8H10N2O2/c9-10-7(11)5-3-1-2-4-6(5)8(10)12/h1-2,5-6H,3-4,9H2/t5-,6-/m0/s1.